The Morgan fingerprint density at radius 2 is 2.14 bits per heavy atom. The number of aryl methyl sites for hydroxylation is 1. The van der Waals surface area contributed by atoms with Crippen molar-refractivity contribution in [3.05, 3.63) is 36.3 Å². The summed E-state index contributed by atoms with van der Waals surface area (Å²) in [7, 11) is 2.22. The third-order valence-electron chi connectivity index (χ3n) is 5.37. The molecule has 0 radical (unpaired) electrons. The van der Waals surface area contributed by atoms with E-state index in [1.807, 2.05) is 12.4 Å². The third-order valence-corrected chi connectivity index (χ3v) is 5.37. The van der Waals surface area contributed by atoms with Gasteiger partial charge in [0.2, 0.25) is 0 Å². The Morgan fingerprint density at radius 3 is 3.00 bits per heavy atom. The highest BCUT2D eigenvalue weighted by Crippen LogP contribution is 2.43. The molecule has 1 spiro atoms. The zero-order valence-corrected chi connectivity index (χ0v) is 12.7. The minimum Gasteiger partial charge on any atom is -0.346 e. The van der Waals surface area contributed by atoms with Crippen LogP contribution in [-0.2, 0) is 12.0 Å². The number of pyridine rings is 1. The molecule has 2 aliphatic rings. The lowest BCUT2D eigenvalue weighted by atomic mass is 9.82. The molecule has 1 N–H and O–H groups in total. The first-order chi connectivity index (χ1) is 10.7. The van der Waals surface area contributed by atoms with Crippen LogP contribution in [0.1, 0.15) is 18.5 Å². The molecule has 2 aliphatic heterocycles. The fourth-order valence-corrected chi connectivity index (χ4v) is 4.18. The highest BCUT2D eigenvalue weighted by Gasteiger charge is 2.44. The molecule has 1 atom stereocenters. The van der Waals surface area contributed by atoms with Crippen molar-refractivity contribution in [3.8, 4) is 11.3 Å². The van der Waals surface area contributed by atoms with Gasteiger partial charge in [-0.1, -0.05) is 0 Å². The van der Waals surface area contributed by atoms with Gasteiger partial charge in [0.1, 0.15) is 5.65 Å². The molecule has 0 bridgehead atoms. The standard InChI is InChI=1S/C17H19N5/c1-21-6-3-17(11-21)4-7-22-15(17)9-14(20-22)13-8-12-2-5-18-16(12)19-10-13/h2,5,8-10H,3-4,6-7,11H2,1H3,(H,18,19). The molecule has 0 aliphatic carbocycles. The van der Waals surface area contributed by atoms with E-state index in [-0.39, 0.29) is 0 Å². The number of H-pyrrole nitrogens is 1. The maximum atomic E-state index is 4.84. The van der Waals surface area contributed by atoms with Crippen molar-refractivity contribution >= 4 is 11.0 Å². The first-order valence-corrected chi connectivity index (χ1v) is 7.94. The zero-order chi connectivity index (χ0) is 14.7. The normalized spacial score (nSPS) is 24.6. The van der Waals surface area contributed by atoms with Gasteiger partial charge in [0.25, 0.3) is 0 Å². The van der Waals surface area contributed by atoms with Gasteiger partial charge in [-0.15, -0.1) is 0 Å². The summed E-state index contributed by atoms with van der Waals surface area (Å²) in [6, 6.07) is 6.52. The van der Waals surface area contributed by atoms with Crippen molar-refractivity contribution in [2.24, 2.45) is 0 Å². The van der Waals surface area contributed by atoms with Crippen molar-refractivity contribution in [1.82, 2.24) is 24.6 Å². The summed E-state index contributed by atoms with van der Waals surface area (Å²) in [5, 5.41) is 5.98. The smallest absolute Gasteiger partial charge is 0.137 e. The third kappa shape index (κ3) is 1.63. The highest BCUT2D eigenvalue weighted by atomic mass is 15.3. The molecule has 1 fully saturated rings. The van der Waals surface area contributed by atoms with Gasteiger partial charge in [-0.25, -0.2) is 4.98 Å². The molecule has 0 saturated carbocycles. The Balaban J connectivity index is 1.59. The van der Waals surface area contributed by atoms with Gasteiger partial charge in [0, 0.05) is 47.5 Å². The van der Waals surface area contributed by atoms with Crippen LogP contribution >= 0.6 is 0 Å². The minimum absolute atomic E-state index is 0.325. The number of hydrogen-bond acceptors (Lipinski definition) is 3. The predicted octanol–water partition coefficient (Wildman–Crippen LogP) is 2.40. The zero-order valence-electron chi connectivity index (χ0n) is 12.7. The quantitative estimate of drug-likeness (QED) is 0.749. The molecule has 5 heterocycles. The second-order valence-corrected chi connectivity index (χ2v) is 6.80. The fourth-order valence-electron chi connectivity index (χ4n) is 4.18. The Kier molecular flexibility index (Phi) is 2.37. The van der Waals surface area contributed by atoms with Crippen LogP contribution in [0.4, 0.5) is 0 Å². The lowest BCUT2D eigenvalue weighted by molar-refractivity contribution is 0.366. The van der Waals surface area contributed by atoms with Crippen LogP contribution < -0.4 is 0 Å². The summed E-state index contributed by atoms with van der Waals surface area (Å²) in [4.78, 5) is 10.1. The number of likely N-dealkylation sites (tertiary alicyclic amines) is 1. The molecule has 1 unspecified atom stereocenters. The first kappa shape index (κ1) is 12.4. The number of aromatic nitrogens is 4. The van der Waals surface area contributed by atoms with Gasteiger partial charge in [0.15, 0.2) is 0 Å². The van der Waals surface area contributed by atoms with E-state index in [1.165, 1.54) is 25.1 Å². The average Bonchev–Trinajstić information content (AvgIpc) is 3.26. The molecule has 0 amide bonds. The maximum absolute atomic E-state index is 4.84. The Labute approximate surface area is 129 Å². The monoisotopic (exact) mass is 293 g/mol. The summed E-state index contributed by atoms with van der Waals surface area (Å²) in [5.41, 5.74) is 4.84. The van der Waals surface area contributed by atoms with Crippen LogP contribution in [0, 0.1) is 0 Å². The molecule has 112 valence electrons. The molecule has 0 aromatic carbocycles. The van der Waals surface area contributed by atoms with Gasteiger partial charge in [-0.2, -0.15) is 5.10 Å². The number of hydrogen-bond donors (Lipinski definition) is 1. The Bertz CT molecular complexity index is 861. The fraction of sp³-hybridized carbons (Fsp3) is 0.412. The summed E-state index contributed by atoms with van der Waals surface area (Å²) in [6.45, 7) is 3.40. The number of aromatic amines is 1. The number of fused-ring (bicyclic) bond motifs is 3. The lowest BCUT2D eigenvalue weighted by Gasteiger charge is -2.21. The summed E-state index contributed by atoms with van der Waals surface area (Å²) in [6.07, 6.45) is 6.33. The first-order valence-electron chi connectivity index (χ1n) is 7.94. The van der Waals surface area contributed by atoms with E-state index in [0.29, 0.717) is 5.41 Å². The van der Waals surface area contributed by atoms with E-state index in [1.54, 1.807) is 0 Å². The van der Waals surface area contributed by atoms with E-state index in [0.717, 1.165) is 35.4 Å². The number of likely N-dealkylation sites (N-methyl/N-ethyl adjacent to an activating group) is 1. The molecule has 5 nitrogen and oxygen atoms in total. The molecule has 3 aromatic rings. The minimum atomic E-state index is 0.325. The van der Waals surface area contributed by atoms with Gasteiger partial charge >= 0.3 is 0 Å². The average molecular weight is 293 g/mol. The molecule has 5 rings (SSSR count). The van der Waals surface area contributed by atoms with Crippen molar-refractivity contribution in [3.63, 3.8) is 0 Å². The highest BCUT2D eigenvalue weighted by molar-refractivity contribution is 5.80. The summed E-state index contributed by atoms with van der Waals surface area (Å²) >= 11 is 0. The van der Waals surface area contributed by atoms with Crippen LogP contribution in [0.25, 0.3) is 22.3 Å². The van der Waals surface area contributed by atoms with Crippen molar-refractivity contribution in [1.29, 1.82) is 0 Å². The van der Waals surface area contributed by atoms with Crippen LogP contribution in [-0.4, -0.2) is 44.8 Å². The molecule has 3 aromatic heterocycles. The van der Waals surface area contributed by atoms with Crippen LogP contribution in [0.5, 0.6) is 0 Å². The van der Waals surface area contributed by atoms with Crippen LogP contribution in [0.15, 0.2) is 30.6 Å². The second-order valence-electron chi connectivity index (χ2n) is 6.80. The van der Waals surface area contributed by atoms with Gasteiger partial charge in [-0.05, 0) is 44.6 Å². The lowest BCUT2D eigenvalue weighted by Crippen LogP contribution is -2.26. The maximum Gasteiger partial charge on any atom is 0.137 e. The Morgan fingerprint density at radius 1 is 1.23 bits per heavy atom. The molecular formula is C17H19N5. The number of nitrogens with zero attached hydrogens (tertiary/aromatic N) is 4. The van der Waals surface area contributed by atoms with Gasteiger partial charge < -0.3 is 9.88 Å². The molecule has 5 heteroatoms. The largest absolute Gasteiger partial charge is 0.346 e. The van der Waals surface area contributed by atoms with Crippen molar-refractivity contribution in [2.45, 2.75) is 24.8 Å². The molecular weight excluding hydrogens is 274 g/mol. The van der Waals surface area contributed by atoms with E-state index < -0.39 is 0 Å². The Hall–Kier alpha value is -2.14. The van der Waals surface area contributed by atoms with E-state index >= 15 is 0 Å². The molecule has 22 heavy (non-hydrogen) atoms. The van der Waals surface area contributed by atoms with Gasteiger partial charge in [-0.3, -0.25) is 4.68 Å². The second kappa shape index (κ2) is 4.20. The number of nitrogens with one attached hydrogen (secondary N) is 1. The topological polar surface area (TPSA) is 49.7 Å². The summed E-state index contributed by atoms with van der Waals surface area (Å²) in [5.74, 6) is 0. The number of rotatable bonds is 1. The predicted molar refractivity (Wildman–Crippen MR) is 85.7 cm³/mol. The SMILES string of the molecule is CN1CCC2(CCn3nc(-c4cnc5[nH]ccc5c4)cc32)C1. The van der Waals surface area contributed by atoms with Crippen molar-refractivity contribution < 1.29 is 0 Å². The van der Waals surface area contributed by atoms with E-state index in [2.05, 4.69) is 44.8 Å². The summed E-state index contributed by atoms with van der Waals surface area (Å²) < 4.78 is 2.22. The van der Waals surface area contributed by atoms with Crippen LogP contribution in [0.2, 0.25) is 0 Å². The van der Waals surface area contributed by atoms with E-state index in [9.17, 15) is 0 Å². The van der Waals surface area contributed by atoms with Crippen LogP contribution in [0.3, 0.4) is 0 Å². The van der Waals surface area contributed by atoms with Gasteiger partial charge in [0.05, 0.1) is 5.69 Å². The van der Waals surface area contributed by atoms with Crippen molar-refractivity contribution in [2.75, 3.05) is 20.1 Å². The molecule has 1 saturated heterocycles. The van der Waals surface area contributed by atoms with E-state index in [4.69, 9.17) is 5.10 Å².